The largest absolute Gasteiger partial charge is 0.436 e. The molecule has 1 fully saturated rings. The zero-order valence-corrected chi connectivity index (χ0v) is 19.9. The minimum atomic E-state index is -4.67. The van der Waals surface area contributed by atoms with Crippen molar-refractivity contribution in [2.24, 2.45) is 0 Å². The molecular formula is C20H16BrCl2F4N5O. The van der Waals surface area contributed by atoms with Gasteiger partial charge >= 0.3 is 6.18 Å². The van der Waals surface area contributed by atoms with E-state index >= 15 is 0 Å². The van der Waals surface area contributed by atoms with Crippen molar-refractivity contribution < 1.29 is 22.4 Å². The lowest BCUT2D eigenvalue weighted by Crippen LogP contribution is -2.17. The molecule has 13 heteroatoms. The first-order valence-electron chi connectivity index (χ1n) is 9.83. The lowest BCUT2D eigenvalue weighted by molar-refractivity contribution is -0.141. The molecule has 0 unspecified atom stereocenters. The standard InChI is InChI=1S/C20H16BrCl2F4N5O/c21-12-9-31(8-11-13(22)2-1-3-14(11)24)30-19(12)28-15(33)6-7-32-17(10-4-5-10)16(23)18(29-32)20(25,26)27/h1-3,9-10H,4-8H2,(H,28,30,33). The van der Waals surface area contributed by atoms with E-state index in [0.29, 0.717) is 10.2 Å². The number of hydrogen-bond donors (Lipinski definition) is 1. The Morgan fingerprint density at radius 2 is 1.97 bits per heavy atom. The Morgan fingerprint density at radius 3 is 2.61 bits per heavy atom. The van der Waals surface area contributed by atoms with Crippen molar-refractivity contribution in [3.05, 3.63) is 61.7 Å². The van der Waals surface area contributed by atoms with E-state index in [4.69, 9.17) is 23.2 Å². The number of nitrogens with zero attached hydrogens (tertiary/aromatic N) is 4. The van der Waals surface area contributed by atoms with Gasteiger partial charge in [0.2, 0.25) is 5.91 Å². The first-order chi connectivity index (χ1) is 15.5. The molecule has 0 aliphatic heterocycles. The third kappa shape index (κ3) is 5.36. The Morgan fingerprint density at radius 1 is 1.24 bits per heavy atom. The summed E-state index contributed by atoms with van der Waals surface area (Å²) in [6.07, 6.45) is -1.82. The molecule has 1 N–H and O–H groups in total. The second-order valence-corrected chi connectivity index (χ2v) is 9.20. The zero-order chi connectivity index (χ0) is 23.9. The number of hydrogen-bond acceptors (Lipinski definition) is 3. The van der Waals surface area contributed by atoms with Crippen LogP contribution >= 0.6 is 39.1 Å². The molecule has 1 aliphatic carbocycles. The first-order valence-corrected chi connectivity index (χ1v) is 11.4. The molecule has 6 nitrogen and oxygen atoms in total. The summed E-state index contributed by atoms with van der Waals surface area (Å²) in [4.78, 5) is 12.4. The van der Waals surface area contributed by atoms with E-state index in [0.717, 1.165) is 17.5 Å². The summed E-state index contributed by atoms with van der Waals surface area (Å²) in [5.41, 5.74) is -0.584. The van der Waals surface area contributed by atoms with Crippen LogP contribution in [0, 0.1) is 5.82 Å². The quantitative estimate of drug-likeness (QED) is 0.342. The van der Waals surface area contributed by atoms with Crippen LogP contribution in [0.2, 0.25) is 10.0 Å². The smallest absolute Gasteiger partial charge is 0.308 e. The molecule has 1 aromatic carbocycles. The summed E-state index contributed by atoms with van der Waals surface area (Å²) in [6.45, 7) is -0.0344. The van der Waals surface area contributed by atoms with E-state index in [1.165, 1.54) is 16.8 Å². The van der Waals surface area contributed by atoms with Crippen molar-refractivity contribution in [2.45, 2.75) is 44.4 Å². The van der Waals surface area contributed by atoms with E-state index in [2.05, 4.69) is 31.4 Å². The maximum atomic E-state index is 14.0. The van der Waals surface area contributed by atoms with Crippen LogP contribution in [-0.4, -0.2) is 25.5 Å². The van der Waals surface area contributed by atoms with Gasteiger partial charge in [-0.2, -0.15) is 23.4 Å². The number of carbonyl (C=O) groups is 1. The van der Waals surface area contributed by atoms with Crippen LogP contribution in [0.3, 0.4) is 0 Å². The van der Waals surface area contributed by atoms with Gasteiger partial charge in [0, 0.05) is 29.1 Å². The summed E-state index contributed by atoms with van der Waals surface area (Å²) in [5, 5.41) is 10.2. The average molecular weight is 569 g/mol. The normalized spacial score (nSPS) is 14.0. The second-order valence-electron chi connectivity index (χ2n) is 7.56. The summed E-state index contributed by atoms with van der Waals surface area (Å²) >= 11 is 15.3. The SMILES string of the molecule is O=C(CCn1nc(C(F)(F)F)c(Cl)c1C1CC1)Nc1nn(Cc2c(F)cccc2Cl)cc1Br. The van der Waals surface area contributed by atoms with Crippen LogP contribution < -0.4 is 5.32 Å². The Bertz CT molecular complexity index is 1190. The van der Waals surface area contributed by atoms with Gasteiger partial charge in [-0.25, -0.2) is 4.39 Å². The second kappa shape index (κ2) is 9.27. The molecule has 3 aromatic rings. The predicted molar refractivity (Wildman–Crippen MR) is 118 cm³/mol. The monoisotopic (exact) mass is 567 g/mol. The number of halogens is 7. The van der Waals surface area contributed by atoms with Crippen LogP contribution in [0.1, 0.15) is 42.1 Å². The van der Waals surface area contributed by atoms with E-state index in [1.54, 1.807) is 12.3 Å². The molecule has 4 rings (SSSR count). The highest BCUT2D eigenvalue weighted by Gasteiger charge is 2.42. The molecule has 33 heavy (non-hydrogen) atoms. The van der Waals surface area contributed by atoms with Crippen LogP contribution in [-0.2, 0) is 24.1 Å². The van der Waals surface area contributed by atoms with Gasteiger partial charge in [0.05, 0.1) is 28.3 Å². The molecule has 1 amide bonds. The molecule has 0 saturated heterocycles. The molecule has 1 aliphatic rings. The van der Waals surface area contributed by atoms with Gasteiger partial charge in [-0.05, 0) is 40.9 Å². The Hall–Kier alpha value is -2.11. The van der Waals surface area contributed by atoms with Gasteiger partial charge in [-0.1, -0.05) is 29.3 Å². The Kier molecular flexibility index (Phi) is 6.75. The fourth-order valence-corrected chi connectivity index (χ4v) is 4.40. The van der Waals surface area contributed by atoms with Crippen LogP contribution in [0.15, 0.2) is 28.9 Å². The maximum absolute atomic E-state index is 14.0. The minimum absolute atomic E-state index is 0.0384. The first kappa shape index (κ1) is 24.0. The fourth-order valence-electron chi connectivity index (χ4n) is 3.36. The van der Waals surface area contributed by atoms with E-state index in [9.17, 15) is 22.4 Å². The van der Waals surface area contributed by atoms with Crippen molar-refractivity contribution in [3.63, 3.8) is 0 Å². The van der Waals surface area contributed by atoms with Crippen molar-refractivity contribution in [3.8, 4) is 0 Å². The molecular weight excluding hydrogens is 553 g/mol. The van der Waals surface area contributed by atoms with Gasteiger partial charge in [0.25, 0.3) is 0 Å². The number of anilines is 1. The van der Waals surface area contributed by atoms with Gasteiger partial charge in [-0.3, -0.25) is 14.2 Å². The van der Waals surface area contributed by atoms with Crippen LogP contribution in [0.5, 0.6) is 0 Å². The van der Waals surface area contributed by atoms with E-state index < -0.39 is 28.6 Å². The highest BCUT2D eigenvalue weighted by Crippen LogP contribution is 2.46. The number of rotatable bonds is 7. The number of aryl methyl sites for hydroxylation is 1. The molecule has 2 heterocycles. The summed E-state index contributed by atoms with van der Waals surface area (Å²) in [5.74, 6) is -0.863. The molecule has 0 atom stereocenters. The molecule has 0 bridgehead atoms. The number of amides is 1. The number of alkyl halides is 3. The van der Waals surface area contributed by atoms with Crippen molar-refractivity contribution in [1.29, 1.82) is 0 Å². The molecule has 2 aromatic heterocycles. The molecule has 176 valence electrons. The average Bonchev–Trinajstić information content (AvgIpc) is 3.41. The van der Waals surface area contributed by atoms with E-state index in [-0.39, 0.29) is 41.8 Å². The van der Waals surface area contributed by atoms with Gasteiger partial charge in [0.1, 0.15) is 5.82 Å². The number of carbonyl (C=O) groups excluding carboxylic acids is 1. The van der Waals surface area contributed by atoms with Gasteiger partial charge in [-0.15, -0.1) is 0 Å². The van der Waals surface area contributed by atoms with Crippen molar-refractivity contribution in [2.75, 3.05) is 5.32 Å². The Balaban J connectivity index is 1.43. The molecule has 0 radical (unpaired) electrons. The topological polar surface area (TPSA) is 64.7 Å². The molecule has 1 saturated carbocycles. The number of nitrogens with one attached hydrogen (secondary N) is 1. The predicted octanol–water partition coefficient (Wildman–Crippen LogP) is 6.26. The number of aromatic nitrogens is 4. The van der Waals surface area contributed by atoms with Gasteiger partial charge < -0.3 is 5.32 Å². The highest BCUT2D eigenvalue weighted by molar-refractivity contribution is 9.10. The van der Waals surface area contributed by atoms with Crippen LogP contribution in [0.4, 0.5) is 23.4 Å². The van der Waals surface area contributed by atoms with Crippen LogP contribution in [0.25, 0.3) is 0 Å². The third-order valence-corrected chi connectivity index (χ3v) is 6.38. The minimum Gasteiger partial charge on any atom is -0.308 e. The maximum Gasteiger partial charge on any atom is 0.436 e. The highest BCUT2D eigenvalue weighted by atomic mass is 79.9. The van der Waals surface area contributed by atoms with E-state index in [1.807, 2.05) is 0 Å². The van der Waals surface area contributed by atoms with Crippen molar-refractivity contribution >= 4 is 50.9 Å². The summed E-state index contributed by atoms with van der Waals surface area (Å²) in [7, 11) is 0. The zero-order valence-electron chi connectivity index (χ0n) is 16.8. The van der Waals surface area contributed by atoms with Crippen molar-refractivity contribution in [1.82, 2.24) is 19.6 Å². The van der Waals surface area contributed by atoms with Gasteiger partial charge in [0.15, 0.2) is 11.5 Å². The fraction of sp³-hybridized carbons (Fsp3) is 0.350. The summed E-state index contributed by atoms with van der Waals surface area (Å²) in [6, 6.07) is 4.33. The lowest BCUT2D eigenvalue weighted by Gasteiger charge is -2.07. The lowest BCUT2D eigenvalue weighted by atomic mass is 10.2. The Labute approximate surface area is 204 Å². The third-order valence-electron chi connectivity index (χ3n) is 5.07. The number of benzene rings is 1. The summed E-state index contributed by atoms with van der Waals surface area (Å²) < 4.78 is 56.6. The molecule has 0 spiro atoms.